The lowest BCUT2D eigenvalue weighted by molar-refractivity contribution is 0.0526. The van der Waals surface area contributed by atoms with Crippen LogP contribution in [0.15, 0.2) is 29.1 Å². The second-order valence-corrected chi connectivity index (χ2v) is 4.82. The number of H-pyrrole nitrogens is 1. The Kier molecular flexibility index (Phi) is 5.00. The molecule has 2 aromatic rings. The van der Waals surface area contributed by atoms with Crippen molar-refractivity contribution in [1.29, 1.82) is 0 Å². The summed E-state index contributed by atoms with van der Waals surface area (Å²) in [5.74, 6) is -1.12. The molecule has 0 aliphatic carbocycles. The maximum absolute atomic E-state index is 13.5. The second-order valence-electron chi connectivity index (χ2n) is 4.82. The summed E-state index contributed by atoms with van der Waals surface area (Å²) in [5, 5.41) is 2.89. The minimum absolute atomic E-state index is 0.0579. The van der Waals surface area contributed by atoms with Crippen LogP contribution in [0.3, 0.4) is 0 Å². The normalized spacial score (nSPS) is 10.3. The van der Waals surface area contributed by atoms with E-state index in [2.05, 4.69) is 10.3 Å². The zero-order chi connectivity index (χ0) is 17.0. The number of esters is 1. The summed E-state index contributed by atoms with van der Waals surface area (Å²) in [7, 11) is 1.53. The van der Waals surface area contributed by atoms with E-state index in [9.17, 15) is 14.0 Å². The van der Waals surface area contributed by atoms with E-state index in [1.165, 1.54) is 7.11 Å². The van der Waals surface area contributed by atoms with E-state index in [1.807, 2.05) is 13.0 Å². The Bertz CT molecular complexity index is 786. The van der Waals surface area contributed by atoms with E-state index in [0.29, 0.717) is 11.4 Å². The predicted molar refractivity (Wildman–Crippen MR) is 84.0 cm³/mol. The van der Waals surface area contributed by atoms with Crippen molar-refractivity contribution >= 4 is 17.5 Å². The SMILES string of the molecule is CCOC(=O)c1cc(F)c(=O)[nH]c1Nc1cc(C)cc(OC)c1. The largest absolute Gasteiger partial charge is 0.497 e. The number of carbonyl (C=O) groups excluding carboxylic acids is 1. The average Bonchev–Trinajstić information content (AvgIpc) is 2.50. The van der Waals surface area contributed by atoms with E-state index in [-0.39, 0.29) is 18.0 Å². The molecule has 2 rings (SSSR count). The summed E-state index contributed by atoms with van der Waals surface area (Å²) < 4.78 is 23.5. The number of nitrogens with one attached hydrogen (secondary N) is 2. The Morgan fingerprint density at radius 3 is 2.70 bits per heavy atom. The molecular weight excluding hydrogens is 303 g/mol. The molecule has 0 saturated carbocycles. The number of aromatic amines is 1. The van der Waals surface area contributed by atoms with Crippen molar-refractivity contribution in [3.63, 3.8) is 0 Å². The van der Waals surface area contributed by atoms with E-state index in [0.717, 1.165) is 11.6 Å². The molecule has 0 saturated heterocycles. The third kappa shape index (κ3) is 3.88. The van der Waals surface area contributed by atoms with Crippen molar-refractivity contribution in [2.24, 2.45) is 0 Å². The van der Waals surface area contributed by atoms with Crippen molar-refractivity contribution in [2.45, 2.75) is 13.8 Å². The molecule has 0 aliphatic rings. The highest BCUT2D eigenvalue weighted by Crippen LogP contribution is 2.24. The lowest BCUT2D eigenvalue weighted by Crippen LogP contribution is -2.18. The van der Waals surface area contributed by atoms with Gasteiger partial charge in [-0.3, -0.25) is 4.79 Å². The molecule has 1 aromatic carbocycles. The molecule has 122 valence electrons. The maximum atomic E-state index is 13.5. The molecule has 0 amide bonds. The third-order valence-corrected chi connectivity index (χ3v) is 3.05. The third-order valence-electron chi connectivity index (χ3n) is 3.05. The van der Waals surface area contributed by atoms with Gasteiger partial charge >= 0.3 is 5.97 Å². The van der Waals surface area contributed by atoms with E-state index in [4.69, 9.17) is 9.47 Å². The molecule has 2 N–H and O–H groups in total. The van der Waals surface area contributed by atoms with Gasteiger partial charge in [0.2, 0.25) is 0 Å². The predicted octanol–water partition coefficient (Wildman–Crippen LogP) is 2.75. The minimum atomic E-state index is -1.06. The fraction of sp³-hybridized carbons (Fsp3) is 0.250. The highest BCUT2D eigenvalue weighted by atomic mass is 19.1. The standard InChI is InChI=1S/C16H17FN2O4/c1-4-23-16(21)12-8-13(17)15(20)19-14(12)18-10-5-9(2)6-11(7-10)22-3/h5-8H,4H2,1-3H3,(H2,18,19,20). The zero-order valence-electron chi connectivity index (χ0n) is 13.0. The molecule has 6 nitrogen and oxygen atoms in total. The highest BCUT2D eigenvalue weighted by Gasteiger charge is 2.17. The average molecular weight is 320 g/mol. The fourth-order valence-corrected chi connectivity index (χ4v) is 2.06. The number of hydrogen-bond donors (Lipinski definition) is 2. The van der Waals surface area contributed by atoms with Gasteiger partial charge in [0.1, 0.15) is 17.1 Å². The first kappa shape index (κ1) is 16.5. The summed E-state index contributed by atoms with van der Waals surface area (Å²) in [4.78, 5) is 25.7. The topological polar surface area (TPSA) is 80.4 Å². The summed E-state index contributed by atoms with van der Waals surface area (Å²) in [5.41, 5.74) is 0.466. The lowest BCUT2D eigenvalue weighted by Gasteiger charge is -2.13. The quantitative estimate of drug-likeness (QED) is 0.828. The molecule has 0 radical (unpaired) electrons. The van der Waals surface area contributed by atoms with Crippen LogP contribution in [0.1, 0.15) is 22.8 Å². The van der Waals surface area contributed by atoms with Gasteiger partial charge in [-0.15, -0.1) is 0 Å². The molecule has 0 spiro atoms. The Morgan fingerprint density at radius 2 is 2.04 bits per heavy atom. The van der Waals surface area contributed by atoms with Gasteiger partial charge < -0.3 is 19.8 Å². The first-order valence-corrected chi connectivity index (χ1v) is 6.97. The number of hydrogen-bond acceptors (Lipinski definition) is 5. The van der Waals surface area contributed by atoms with E-state index >= 15 is 0 Å². The molecule has 23 heavy (non-hydrogen) atoms. The summed E-state index contributed by atoms with van der Waals surface area (Å²) in [6.07, 6.45) is 0. The maximum Gasteiger partial charge on any atom is 0.341 e. The number of aryl methyl sites for hydroxylation is 1. The summed E-state index contributed by atoms with van der Waals surface area (Å²) in [6.45, 7) is 3.64. The van der Waals surface area contributed by atoms with Crippen LogP contribution in [-0.4, -0.2) is 24.7 Å². The number of benzene rings is 1. The van der Waals surface area contributed by atoms with Gasteiger partial charge in [0, 0.05) is 11.8 Å². The smallest absolute Gasteiger partial charge is 0.341 e. The second kappa shape index (κ2) is 6.95. The van der Waals surface area contributed by atoms with Crippen LogP contribution in [0.5, 0.6) is 5.75 Å². The van der Waals surface area contributed by atoms with Gasteiger partial charge in [-0.1, -0.05) is 0 Å². The molecule has 0 atom stereocenters. The Balaban J connectivity index is 2.46. The zero-order valence-corrected chi connectivity index (χ0v) is 13.0. The highest BCUT2D eigenvalue weighted by molar-refractivity contribution is 5.95. The molecule has 1 heterocycles. The van der Waals surface area contributed by atoms with Crippen molar-refractivity contribution in [2.75, 3.05) is 19.0 Å². The van der Waals surface area contributed by atoms with Crippen molar-refractivity contribution in [3.8, 4) is 5.75 Å². The first-order chi connectivity index (χ1) is 10.9. The van der Waals surface area contributed by atoms with Crippen molar-refractivity contribution in [1.82, 2.24) is 4.98 Å². The number of methoxy groups -OCH3 is 1. The Hall–Kier alpha value is -2.83. The van der Waals surface area contributed by atoms with Crippen LogP contribution in [0.4, 0.5) is 15.9 Å². The van der Waals surface area contributed by atoms with Crippen LogP contribution in [-0.2, 0) is 4.74 Å². The molecule has 7 heteroatoms. The molecule has 0 fully saturated rings. The first-order valence-electron chi connectivity index (χ1n) is 6.97. The monoisotopic (exact) mass is 320 g/mol. The number of anilines is 2. The van der Waals surface area contributed by atoms with Crippen LogP contribution in [0.25, 0.3) is 0 Å². The Labute approximate surface area is 132 Å². The van der Waals surface area contributed by atoms with Crippen LogP contribution < -0.4 is 15.6 Å². The van der Waals surface area contributed by atoms with Gasteiger partial charge in [0.15, 0.2) is 5.82 Å². The fourth-order valence-electron chi connectivity index (χ4n) is 2.06. The van der Waals surface area contributed by atoms with Crippen molar-refractivity contribution in [3.05, 3.63) is 51.6 Å². The Morgan fingerprint density at radius 1 is 1.30 bits per heavy atom. The molecule has 0 aliphatic heterocycles. The molecule has 1 aromatic heterocycles. The lowest BCUT2D eigenvalue weighted by atomic mass is 10.2. The van der Waals surface area contributed by atoms with Crippen molar-refractivity contribution < 1.29 is 18.7 Å². The number of rotatable bonds is 5. The number of aromatic nitrogens is 1. The van der Waals surface area contributed by atoms with Gasteiger partial charge in [-0.05, 0) is 37.6 Å². The van der Waals surface area contributed by atoms with Gasteiger partial charge in [0.25, 0.3) is 5.56 Å². The summed E-state index contributed by atoms with van der Waals surface area (Å²) in [6, 6.07) is 6.15. The molecule has 0 bridgehead atoms. The summed E-state index contributed by atoms with van der Waals surface area (Å²) >= 11 is 0. The number of halogens is 1. The van der Waals surface area contributed by atoms with Crippen LogP contribution in [0, 0.1) is 12.7 Å². The van der Waals surface area contributed by atoms with Gasteiger partial charge in [-0.25, -0.2) is 9.18 Å². The van der Waals surface area contributed by atoms with E-state index in [1.54, 1.807) is 19.1 Å². The van der Waals surface area contributed by atoms with Gasteiger partial charge in [0.05, 0.1) is 13.7 Å². The van der Waals surface area contributed by atoms with Gasteiger partial charge in [-0.2, -0.15) is 0 Å². The minimum Gasteiger partial charge on any atom is -0.497 e. The molecular formula is C16H17FN2O4. The van der Waals surface area contributed by atoms with Crippen LogP contribution >= 0.6 is 0 Å². The molecule has 0 unspecified atom stereocenters. The number of pyridine rings is 1. The van der Waals surface area contributed by atoms with E-state index < -0.39 is 17.3 Å². The van der Waals surface area contributed by atoms with Crippen LogP contribution in [0.2, 0.25) is 0 Å². The number of carbonyl (C=O) groups is 1. The number of ether oxygens (including phenoxy) is 2.